The highest BCUT2D eigenvalue weighted by Gasteiger charge is 2.22. The largest absolute Gasteiger partial charge is 0.480 e. The Morgan fingerprint density at radius 3 is 2.64 bits per heavy atom. The molecular formula is C16H25N3O3. The quantitative estimate of drug-likeness (QED) is 0.721. The van der Waals surface area contributed by atoms with E-state index in [9.17, 15) is 14.7 Å². The van der Waals surface area contributed by atoms with Gasteiger partial charge in [-0.3, -0.25) is 9.48 Å². The van der Waals surface area contributed by atoms with Gasteiger partial charge in [0.05, 0.1) is 17.5 Å². The number of aliphatic carboxylic acids is 1. The number of allylic oxidation sites excluding steroid dienone is 1. The zero-order valence-corrected chi connectivity index (χ0v) is 13.7. The van der Waals surface area contributed by atoms with Crippen molar-refractivity contribution in [3.8, 4) is 0 Å². The molecule has 1 atom stereocenters. The van der Waals surface area contributed by atoms with Gasteiger partial charge in [0.2, 0.25) is 0 Å². The Hall–Kier alpha value is -2.11. The van der Waals surface area contributed by atoms with Gasteiger partial charge in [-0.1, -0.05) is 32.9 Å². The highest BCUT2D eigenvalue weighted by atomic mass is 16.4. The van der Waals surface area contributed by atoms with Crippen LogP contribution in [0.3, 0.4) is 0 Å². The van der Waals surface area contributed by atoms with E-state index in [4.69, 9.17) is 0 Å². The molecule has 0 spiro atoms. The predicted molar refractivity (Wildman–Crippen MR) is 84.8 cm³/mol. The minimum atomic E-state index is -1.04. The van der Waals surface area contributed by atoms with E-state index in [-0.39, 0.29) is 12.3 Å². The topological polar surface area (TPSA) is 84.2 Å². The van der Waals surface area contributed by atoms with Crippen molar-refractivity contribution < 1.29 is 14.7 Å². The molecule has 0 aliphatic carbocycles. The summed E-state index contributed by atoms with van der Waals surface area (Å²) in [5.41, 5.74) is 1.29. The van der Waals surface area contributed by atoms with Gasteiger partial charge in [-0.2, -0.15) is 5.10 Å². The van der Waals surface area contributed by atoms with E-state index in [0.717, 1.165) is 12.2 Å². The SMILES string of the molecule is C/C=C/CC(NC(=O)c1cnn(CC(C)C)c1CC)C(=O)O. The molecule has 0 radical (unpaired) electrons. The number of aromatic nitrogens is 2. The molecule has 22 heavy (non-hydrogen) atoms. The summed E-state index contributed by atoms with van der Waals surface area (Å²) in [5, 5.41) is 16.0. The molecule has 6 heteroatoms. The molecule has 0 saturated carbocycles. The van der Waals surface area contributed by atoms with Crippen LogP contribution in [0.1, 0.15) is 50.2 Å². The Kier molecular flexibility index (Phi) is 6.82. The lowest BCUT2D eigenvalue weighted by molar-refractivity contribution is -0.139. The molecule has 1 heterocycles. The molecule has 0 fully saturated rings. The molecule has 1 amide bonds. The van der Waals surface area contributed by atoms with E-state index < -0.39 is 12.0 Å². The number of carboxylic acid groups (broad SMARTS) is 1. The molecule has 1 aromatic heterocycles. The molecule has 6 nitrogen and oxygen atoms in total. The van der Waals surface area contributed by atoms with E-state index in [2.05, 4.69) is 24.3 Å². The van der Waals surface area contributed by atoms with Crippen LogP contribution in [-0.4, -0.2) is 32.8 Å². The van der Waals surface area contributed by atoms with Crippen molar-refractivity contribution in [2.45, 2.75) is 53.1 Å². The van der Waals surface area contributed by atoms with Crippen LogP contribution in [0, 0.1) is 5.92 Å². The van der Waals surface area contributed by atoms with Crippen molar-refractivity contribution in [3.05, 3.63) is 29.6 Å². The normalized spacial score (nSPS) is 12.8. The summed E-state index contributed by atoms with van der Waals surface area (Å²) in [4.78, 5) is 23.6. The van der Waals surface area contributed by atoms with Crippen LogP contribution in [0.5, 0.6) is 0 Å². The van der Waals surface area contributed by atoms with E-state index >= 15 is 0 Å². The summed E-state index contributed by atoms with van der Waals surface area (Å²) >= 11 is 0. The molecule has 0 aliphatic rings. The van der Waals surface area contributed by atoms with Gasteiger partial charge in [-0.15, -0.1) is 0 Å². The summed E-state index contributed by atoms with van der Waals surface area (Å²) in [6.45, 7) is 8.67. The van der Waals surface area contributed by atoms with Crippen LogP contribution >= 0.6 is 0 Å². The molecule has 2 N–H and O–H groups in total. The number of nitrogens with zero attached hydrogens (tertiary/aromatic N) is 2. The lowest BCUT2D eigenvalue weighted by Gasteiger charge is -2.13. The monoisotopic (exact) mass is 307 g/mol. The van der Waals surface area contributed by atoms with Crippen LogP contribution < -0.4 is 5.32 Å². The van der Waals surface area contributed by atoms with E-state index in [1.165, 1.54) is 6.20 Å². The highest BCUT2D eigenvalue weighted by molar-refractivity contribution is 5.97. The Balaban J connectivity index is 2.92. The molecule has 1 aromatic rings. The second kappa shape index (κ2) is 8.36. The lowest BCUT2D eigenvalue weighted by Crippen LogP contribution is -2.40. The number of hydrogen-bond acceptors (Lipinski definition) is 3. The predicted octanol–water partition coefficient (Wildman–Crippen LogP) is 2.25. The number of carbonyl (C=O) groups is 2. The lowest BCUT2D eigenvalue weighted by atomic mass is 10.1. The third kappa shape index (κ3) is 4.72. The van der Waals surface area contributed by atoms with Crippen molar-refractivity contribution in [3.63, 3.8) is 0 Å². The minimum Gasteiger partial charge on any atom is -0.480 e. The number of rotatable bonds is 8. The summed E-state index contributed by atoms with van der Waals surface area (Å²) in [6, 6.07) is -0.929. The second-order valence-corrected chi connectivity index (χ2v) is 5.60. The van der Waals surface area contributed by atoms with E-state index in [0.29, 0.717) is 17.9 Å². The van der Waals surface area contributed by atoms with Crippen molar-refractivity contribution in [1.82, 2.24) is 15.1 Å². The van der Waals surface area contributed by atoms with E-state index in [1.807, 2.05) is 18.5 Å². The molecule has 0 aliphatic heterocycles. The van der Waals surface area contributed by atoms with Crippen LogP contribution in [0.4, 0.5) is 0 Å². The molecule has 0 saturated heterocycles. The first kappa shape index (κ1) is 17.9. The fraction of sp³-hybridized carbons (Fsp3) is 0.562. The van der Waals surface area contributed by atoms with Crippen LogP contribution in [0.15, 0.2) is 18.3 Å². The summed E-state index contributed by atoms with van der Waals surface area (Å²) in [5.74, 6) is -1.01. The minimum absolute atomic E-state index is 0.263. The van der Waals surface area contributed by atoms with Gasteiger partial charge in [0.25, 0.3) is 5.91 Å². The van der Waals surface area contributed by atoms with Crippen molar-refractivity contribution >= 4 is 11.9 Å². The maximum atomic E-state index is 12.3. The number of nitrogens with one attached hydrogen (secondary N) is 1. The summed E-state index contributed by atoms with van der Waals surface area (Å²) < 4.78 is 1.82. The average Bonchev–Trinajstić information content (AvgIpc) is 2.84. The first-order valence-electron chi connectivity index (χ1n) is 7.60. The van der Waals surface area contributed by atoms with Gasteiger partial charge < -0.3 is 10.4 Å². The third-order valence-corrected chi connectivity index (χ3v) is 3.28. The summed E-state index contributed by atoms with van der Waals surface area (Å²) in [7, 11) is 0. The molecule has 1 rings (SSSR count). The Morgan fingerprint density at radius 2 is 2.14 bits per heavy atom. The summed E-state index contributed by atoms with van der Waals surface area (Å²) in [6.07, 6.45) is 5.94. The Labute approximate surface area is 131 Å². The molecule has 0 bridgehead atoms. The zero-order chi connectivity index (χ0) is 16.7. The van der Waals surface area contributed by atoms with Crippen molar-refractivity contribution in [2.75, 3.05) is 0 Å². The van der Waals surface area contributed by atoms with Gasteiger partial charge in [-0.05, 0) is 25.7 Å². The zero-order valence-electron chi connectivity index (χ0n) is 13.7. The van der Waals surface area contributed by atoms with E-state index in [1.54, 1.807) is 12.2 Å². The fourth-order valence-corrected chi connectivity index (χ4v) is 2.21. The third-order valence-electron chi connectivity index (χ3n) is 3.28. The standard InChI is InChI=1S/C16H25N3O3/c1-5-7-8-13(16(21)22)18-15(20)12-9-17-19(10-11(3)4)14(12)6-2/h5,7,9,11,13H,6,8,10H2,1-4H3,(H,18,20)(H,21,22)/b7-5+. The van der Waals surface area contributed by atoms with Gasteiger partial charge >= 0.3 is 5.97 Å². The Bertz CT molecular complexity index is 547. The smallest absolute Gasteiger partial charge is 0.326 e. The second-order valence-electron chi connectivity index (χ2n) is 5.60. The van der Waals surface area contributed by atoms with Gasteiger partial charge in [-0.25, -0.2) is 4.79 Å². The first-order valence-corrected chi connectivity index (χ1v) is 7.60. The van der Waals surface area contributed by atoms with Crippen LogP contribution in [-0.2, 0) is 17.8 Å². The maximum absolute atomic E-state index is 12.3. The van der Waals surface area contributed by atoms with Crippen molar-refractivity contribution in [2.24, 2.45) is 5.92 Å². The number of carboxylic acids is 1. The number of carbonyl (C=O) groups excluding carboxylic acids is 1. The molecule has 122 valence electrons. The van der Waals surface area contributed by atoms with Crippen LogP contribution in [0.2, 0.25) is 0 Å². The molecule has 0 aromatic carbocycles. The average molecular weight is 307 g/mol. The Morgan fingerprint density at radius 1 is 1.45 bits per heavy atom. The maximum Gasteiger partial charge on any atom is 0.326 e. The highest BCUT2D eigenvalue weighted by Crippen LogP contribution is 2.12. The van der Waals surface area contributed by atoms with Gasteiger partial charge in [0.1, 0.15) is 6.04 Å². The van der Waals surface area contributed by atoms with Crippen molar-refractivity contribution in [1.29, 1.82) is 0 Å². The first-order chi connectivity index (χ1) is 10.4. The fourth-order valence-electron chi connectivity index (χ4n) is 2.21. The van der Waals surface area contributed by atoms with Crippen LogP contribution in [0.25, 0.3) is 0 Å². The number of hydrogen-bond donors (Lipinski definition) is 2. The molecule has 1 unspecified atom stereocenters. The molecular weight excluding hydrogens is 282 g/mol. The number of amides is 1. The van der Waals surface area contributed by atoms with Gasteiger partial charge in [0.15, 0.2) is 0 Å². The van der Waals surface area contributed by atoms with Gasteiger partial charge in [0, 0.05) is 6.54 Å².